The highest BCUT2D eigenvalue weighted by Gasteiger charge is 2.53. The summed E-state index contributed by atoms with van der Waals surface area (Å²) in [4.78, 5) is 0. The minimum atomic E-state index is -0.322. The van der Waals surface area contributed by atoms with Crippen molar-refractivity contribution in [1.29, 1.82) is 0 Å². The van der Waals surface area contributed by atoms with E-state index in [1.807, 2.05) is 6.07 Å². The molecule has 2 aliphatic rings. The number of rotatable bonds is 2. The summed E-state index contributed by atoms with van der Waals surface area (Å²) in [6.45, 7) is 11.3. The molecule has 2 saturated heterocycles. The molecule has 0 aromatic heterocycles. The molecule has 4 heteroatoms. The molecule has 1 unspecified atom stereocenters. The summed E-state index contributed by atoms with van der Waals surface area (Å²) in [5.41, 5.74) is 1.46. The number of hydrogen-bond donors (Lipinski definition) is 0. The van der Waals surface area contributed by atoms with Crippen LogP contribution < -0.4 is 5.46 Å². The van der Waals surface area contributed by atoms with Gasteiger partial charge in [0.2, 0.25) is 0 Å². The predicted octanol–water partition coefficient (Wildman–Crippen LogP) is 2.62. The van der Waals surface area contributed by atoms with E-state index in [0.717, 1.165) is 18.5 Å². The first kappa shape index (κ1) is 14.1. The summed E-state index contributed by atoms with van der Waals surface area (Å²) in [5.74, 6) is 0. The number of benzene rings is 1. The average Bonchev–Trinajstić information content (AvgIpc) is 2.55. The molecule has 1 atom stereocenters. The zero-order chi connectivity index (χ0) is 14.6. The summed E-state index contributed by atoms with van der Waals surface area (Å²) in [5, 5.41) is 0. The Kier molecular flexibility index (Phi) is 3.05. The van der Waals surface area contributed by atoms with Gasteiger partial charge in [0, 0.05) is 6.42 Å². The number of hydrogen-bond acceptors (Lipinski definition) is 3. The lowest BCUT2D eigenvalue weighted by atomic mass is 9.70. The Bertz CT molecular complexity index is 504. The van der Waals surface area contributed by atoms with E-state index in [1.54, 1.807) is 0 Å². The molecule has 1 aromatic rings. The minimum absolute atomic E-state index is 0.194. The molecule has 3 rings (SSSR count). The Morgan fingerprint density at radius 3 is 2.00 bits per heavy atom. The van der Waals surface area contributed by atoms with Crippen LogP contribution in [0.5, 0.6) is 0 Å². The molecular weight excluding hydrogens is 251 g/mol. The molecule has 0 saturated carbocycles. The van der Waals surface area contributed by atoms with E-state index in [-0.39, 0.29) is 23.9 Å². The van der Waals surface area contributed by atoms with Crippen LogP contribution in [0.4, 0.5) is 0 Å². The lowest BCUT2D eigenvalue weighted by Crippen LogP contribution is -2.46. The quantitative estimate of drug-likeness (QED) is 0.776. The second-order valence-corrected chi connectivity index (χ2v) is 7.00. The molecule has 108 valence electrons. The maximum Gasteiger partial charge on any atom is 0.495 e. The van der Waals surface area contributed by atoms with Gasteiger partial charge in [-0.2, -0.15) is 0 Å². The van der Waals surface area contributed by atoms with Crippen LogP contribution in [-0.4, -0.2) is 24.9 Å². The lowest BCUT2D eigenvalue weighted by Gasteiger charge is -2.40. The van der Waals surface area contributed by atoms with E-state index < -0.39 is 0 Å². The third-order valence-corrected chi connectivity index (χ3v) is 5.04. The van der Waals surface area contributed by atoms with Crippen molar-refractivity contribution < 1.29 is 14.0 Å². The van der Waals surface area contributed by atoms with Gasteiger partial charge in [-0.1, -0.05) is 24.3 Å². The summed E-state index contributed by atoms with van der Waals surface area (Å²) in [6.07, 6.45) is 1.05. The van der Waals surface area contributed by atoms with Gasteiger partial charge < -0.3 is 14.0 Å². The topological polar surface area (TPSA) is 27.7 Å². The van der Waals surface area contributed by atoms with Crippen LogP contribution in [0.2, 0.25) is 0 Å². The summed E-state index contributed by atoms with van der Waals surface area (Å²) in [7, 11) is -0.322. The van der Waals surface area contributed by atoms with Gasteiger partial charge in [0.05, 0.1) is 23.4 Å². The Labute approximate surface area is 121 Å². The zero-order valence-electron chi connectivity index (χ0n) is 13.0. The van der Waals surface area contributed by atoms with E-state index >= 15 is 0 Å². The van der Waals surface area contributed by atoms with Crippen LogP contribution in [0.15, 0.2) is 24.3 Å². The third-order valence-electron chi connectivity index (χ3n) is 5.04. The van der Waals surface area contributed by atoms with Gasteiger partial charge >= 0.3 is 7.12 Å². The summed E-state index contributed by atoms with van der Waals surface area (Å²) >= 11 is 0. The van der Waals surface area contributed by atoms with Crippen molar-refractivity contribution in [2.75, 3.05) is 6.61 Å². The lowest BCUT2D eigenvalue weighted by molar-refractivity contribution is -0.140. The van der Waals surface area contributed by atoms with Gasteiger partial charge in [-0.3, -0.25) is 0 Å². The van der Waals surface area contributed by atoms with Crippen molar-refractivity contribution in [2.24, 2.45) is 0 Å². The normalized spacial score (nSPS) is 31.1. The molecule has 2 aliphatic heterocycles. The largest absolute Gasteiger partial charge is 0.495 e. The third kappa shape index (κ3) is 2.02. The van der Waals surface area contributed by atoms with E-state index in [1.165, 1.54) is 5.56 Å². The van der Waals surface area contributed by atoms with E-state index in [4.69, 9.17) is 14.0 Å². The highest BCUT2D eigenvalue weighted by atomic mass is 16.7. The van der Waals surface area contributed by atoms with Gasteiger partial charge in [0.25, 0.3) is 0 Å². The SMILES string of the molecule is CC1(c2ccccc2B2OC(C)(C)C(C)(C)O2)CCO1. The maximum absolute atomic E-state index is 6.18. The molecule has 20 heavy (non-hydrogen) atoms. The van der Waals surface area contributed by atoms with Gasteiger partial charge in [-0.05, 0) is 45.6 Å². The molecule has 0 amide bonds. The fourth-order valence-corrected chi connectivity index (χ4v) is 2.77. The Hall–Kier alpha value is -0.835. The van der Waals surface area contributed by atoms with Crippen LogP contribution >= 0.6 is 0 Å². The fourth-order valence-electron chi connectivity index (χ4n) is 2.77. The average molecular weight is 274 g/mol. The molecule has 0 radical (unpaired) electrons. The molecule has 0 bridgehead atoms. The highest BCUT2D eigenvalue weighted by molar-refractivity contribution is 6.62. The maximum atomic E-state index is 6.18. The Balaban J connectivity index is 1.96. The van der Waals surface area contributed by atoms with Gasteiger partial charge in [0.1, 0.15) is 0 Å². The van der Waals surface area contributed by atoms with Gasteiger partial charge in [-0.15, -0.1) is 0 Å². The highest BCUT2D eigenvalue weighted by Crippen LogP contribution is 2.39. The fraction of sp³-hybridized carbons (Fsp3) is 0.625. The van der Waals surface area contributed by atoms with E-state index in [9.17, 15) is 0 Å². The van der Waals surface area contributed by atoms with Crippen molar-refractivity contribution in [3.05, 3.63) is 29.8 Å². The first-order valence-corrected chi connectivity index (χ1v) is 7.34. The van der Waals surface area contributed by atoms with Crippen LogP contribution in [0.3, 0.4) is 0 Å². The van der Waals surface area contributed by atoms with Crippen LogP contribution in [0, 0.1) is 0 Å². The molecule has 0 N–H and O–H groups in total. The molecule has 3 nitrogen and oxygen atoms in total. The zero-order valence-corrected chi connectivity index (χ0v) is 13.0. The number of ether oxygens (including phenoxy) is 1. The van der Waals surface area contributed by atoms with Crippen molar-refractivity contribution in [1.82, 2.24) is 0 Å². The van der Waals surface area contributed by atoms with E-state index in [2.05, 4.69) is 52.8 Å². The second-order valence-electron chi connectivity index (χ2n) is 7.00. The molecule has 0 spiro atoms. The molecule has 0 aliphatic carbocycles. The molecule has 2 heterocycles. The van der Waals surface area contributed by atoms with E-state index in [0.29, 0.717) is 0 Å². The Morgan fingerprint density at radius 2 is 1.50 bits per heavy atom. The van der Waals surface area contributed by atoms with Crippen molar-refractivity contribution in [3.8, 4) is 0 Å². The van der Waals surface area contributed by atoms with Crippen LogP contribution in [-0.2, 0) is 19.6 Å². The second kappa shape index (κ2) is 4.33. The van der Waals surface area contributed by atoms with Gasteiger partial charge in [-0.25, -0.2) is 0 Å². The predicted molar refractivity (Wildman–Crippen MR) is 80.1 cm³/mol. The van der Waals surface area contributed by atoms with Crippen molar-refractivity contribution >= 4 is 12.6 Å². The molecule has 2 fully saturated rings. The first-order chi connectivity index (χ1) is 9.25. The van der Waals surface area contributed by atoms with Crippen LogP contribution in [0.1, 0.15) is 46.6 Å². The minimum Gasteiger partial charge on any atom is -0.399 e. The monoisotopic (exact) mass is 274 g/mol. The van der Waals surface area contributed by atoms with Gasteiger partial charge in [0.15, 0.2) is 0 Å². The van der Waals surface area contributed by atoms with Crippen molar-refractivity contribution in [3.63, 3.8) is 0 Å². The summed E-state index contributed by atoms with van der Waals surface area (Å²) < 4.78 is 18.2. The molecular formula is C16H23BO3. The molecule has 1 aromatic carbocycles. The first-order valence-electron chi connectivity index (χ1n) is 7.34. The smallest absolute Gasteiger partial charge is 0.399 e. The Morgan fingerprint density at radius 1 is 0.950 bits per heavy atom. The summed E-state index contributed by atoms with van der Waals surface area (Å²) in [6, 6.07) is 8.30. The van der Waals surface area contributed by atoms with Crippen LogP contribution in [0.25, 0.3) is 0 Å². The van der Waals surface area contributed by atoms with Crippen molar-refractivity contribution in [2.45, 2.75) is 57.8 Å². The standard InChI is InChI=1S/C16H23BO3/c1-14(2)15(3,4)20-17(19-14)13-9-7-6-8-12(13)16(5)10-11-18-16/h6-9H,10-11H2,1-5H3.